The van der Waals surface area contributed by atoms with Crippen LogP contribution < -0.4 is 5.32 Å². The largest absolute Gasteiger partial charge is 0.381 e. The molecule has 0 unspecified atom stereocenters. The second-order valence-corrected chi connectivity index (χ2v) is 7.88. The van der Waals surface area contributed by atoms with Crippen molar-refractivity contribution in [2.75, 3.05) is 18.5 Å². The number of hydrogen-bond donors (Lipinski definition) is 1. The summed E-state index contributed by atoms with van der Waals surface area (Å²) in [6.07, 6.45) is 1.33. The molecule has 116 valence electrons. The minimum atomic E-state index is -3.85. The van der Waals surface area contributed by atoms with Crippen molar-refractivity contribution in [2.45, 2.75) is 24.7 Å². The zero-order chi connectivity index (χ0) is 15.6. The van der Waals surface area contributed by atoms with E-state index < -0.39 is 9.05 Å². The number of carbonyl (C=O) groups is 1. The standard InChI is InChI=1S/C13H15Cl2NO4S/c1-8-6-10(21(15,18)19)7-11(14)12(8)16-13(17)9-2-4-20-5-3-9/h6-7,9H,2-5H2,1H3,(H,16,17). The molecule has 1 aromatic carbocycles. The van der Waals surface area contributed by atoms with Gasteiger partial charge < -0.3 is 10.1 Å². The Morgan fingerprint density at radius 3 is 2.48 bits per heavy atom. The van der Waals surface area contributed by atoms with Gasteiger partial charge in [-0.2, -0.15) is 0 Å². The number of carbonyl (C=O) groups excluding carboxylic acids is 1. The lowest BCUT2D eigenvalue weighted by atomic mass is 9.99. The van der Waals surface area contributed by atoms with Crippen LogP contribution in [0.1, 0.15) is 18.4 Å². The van der Waals surface area contributed by atoms with Crippen LogP contribution in [-0.4, -0.2) is 27.5 Å². The van der Waals surface area contributed by atoms with Gasteiger partial charge in [-0.3, -0.25) is 4.79 Å². The Bertz CT molecular complexity index is 631. The number of benzene rings is 1. The first-order chi connectivity index (χ1) is 9.79. The van der Waals surface area contributed by atoms with Gasteiger partial charge in [0, 0.05) is 29.8 Å². The van der Waals surface area contributed by atoms with E-state index in [0.29, 0.717) is 37.3 Å². The van der Waals surface area contributed by atoms with Crippen molar-refractivity contribution in [3.05, 3.63) is 22.7 Å². The van der Waals surface area contributed by atoms with Gasteiger partial charge in [-0.15, -0.1) is 0 Å². The topological polar surface area (TPSA) is 72.5 Å². The van der Waals surface area contributed by atoms with Crippen LogP contribution in [0.25, 0.3) is 0 Å². The van der Waals surface area contributed by atoms with Gasteiger partial charge in [-0.1, -0.05) is 11.6 Å². The van der Waals surface area contributed by atoms with Crippen LogP contribution in [0.5, 0.6) is 0 Å². The first-order valence-electron chi connectivity index (χ1n) is 6.42. The molecular weight excluding hydrogens is 337 g/mol. The fourth-order valence-corrected chi connectivity index (χ4v) is 3.42. The van der Waals surface area contributed by atoms with E-state index in [0.717, 1.165) is 0 Å². The second kappa shape index (κ2) is 6.52. The molecule has 1 aliphatic heterocycles. The van der Waals surface area contributed by atoms with Crippen LogP contribution in [0.2, 0.25) is 5.02 Å². The smallest absolute Gasteiger partial charge is 0.261 e. The van der Waals surface area contributed by atoms with E-state index in [1.807, 2.05) is 0 Å². The third-order valence-corrected chi connectivity index (χ3v) is 5.01. The number of halogens is 2. The molecule has 2 rings (SSSR count). The average molecular weight is 352 g/mol. The van der Waals surface area contributed by atoms with E-state index in [1.54, 1.807) is 6.92 Å². The zero-order valence-electron chi connectivity index (χ0n) is 11.4. The SMILES string of the molecule is Cc1cc(S(=O)(=O)Cl)cc(Cl)c1NC(=O)C1CCOCC1. The van der Waals surface area contributed by atoms with Gasteiger partial charge in [0.2, 0.25) is 5.91 Å². The maximum atomic E-state index is 12.2. The Labute approximate surface area is 133 Å². The molecule has 1 heterocycles. The molecule has 0 radical (unpaired) electrons. The molecule has 0 spiro atoms. The fourth-order valence-electron chi connectivity index (χ4n) is 2.20. The van der Waals surface area contributed by atoms with Gasteiger partial charge in [0.15, 0.2) is 0 Å². The zero-order valence-corrected chi connectivity index (χ0v) is 13.7. The molecule has 0 atom stereocenters. The molecule has 0 bridgehead atoms. The van der Waals surface area contributed by atoms with E-state index >= 15 is 0 Å². The van der Waals surface area contributed by atoms with Crippen molar-refractivity contribution in [1.82, 2.24) is 0 Å². The number of amides is 1. The molecule has 1 saturated heterocycles. The van der Waals surface area contributed by atoms with E-state index in [4.69, 9.17) is 27.0 Å². The van der Waals surface area contributed by atoms with Crippen LogP contribution in [0.4, 0.5) is 5.69 Å². The number of ether oxygens (including phenoxy) is 1. The number of rotatable bonds is 3. The van der Waals surface area contributed by atoms with Crippen LogP contribution in [0, 0.1) is 12.8 Å². The molecule has 21 heavy (non-hydrogen) atoms. The Morgan fingerprint density at radius 1 is 1.33 bits per heavy atom. The minimum Gasteiger partial charge on any atom is -0.381 e. The third-order valence-electron chi connectivity index (χ3n) is 3.38. The van der Waals surface area contributed by atoms with Gasteiger partial charge >= 0.3 is 0 Å². The van der Waals surface area contributed by atoms with Crippen molar-refractivity contribution in [3.63, 3.8) is 0 Å². The summed E-state index contributed by atoms with van der Waals surface area (Å²) in [4.78, 5) is 12.1. The number of hydrogen-bond acceptors (Lipinski definition) is 4. The van der Waals surface area contributed by atoms with Gasteiger partial charge in [0.1, 0.15) is 0 Å². The highest BCUT2D eigenvalue weighted by molar-refractivity contribution is 8.13. The molecule has 1 amide bonds. The van der Waals surface area contributed by atoms with Gasteiger partial charge in [0.25, 0.3) is 9.05 Å². The number of aryl methyl sites for hydroxylation is 1. The first-order valence-corrected chi connectivity index (χ1v) is 9.11. The fraction of sp³-hybridized carbons (Fsp3) is 0.462. The highest BCUT2D eigenvalue weighted by Crippen LogP contribution is 2.31. The van der Waals surface area contributed by atoms with Crippen molar-refractivity contribution >= 4 is 42.9 Å². The van der Waals surface area contributed by atoms with Crippen molar-refractivity contribution in [3.8, 4) is 0 Å². The lowest BCUT2D eigenvalue weighted by Gasteiger charge is -2.22. The summed E-state index contributed by atoms with van der Waals surface area (Å²) in [5.74, 6) is -0.254. The Hall–Kier alpha value is -0.820. The van der Waals surface area contributed by atoms with Crippen LogP contribution >= 0.6 is 22.3 Å². The summed E-state index contributed by atoms with van der Waals surface area (Å²) in [5, 5.41) is 2.91. The van der Waals surface area contributed by atoms with Crippen molar-refractivity contribution < 1.29 is 17.9 Å². The first kappa shape index (κ1) is 16.5. The number of nitrogens with one attached hydrogen (secondary N) is 1. The summed E-state index contributed by atoms with van der Waals surface area (Å²) in [6.45, 7) is 2.79. The summed E-state index contributed by atoms with van der Waals surface area (Å²) < 4.78 is 27.9. The average Bonchev–Trinajstić information content (AvgIpc) is 2.42. The third kappa shape index (κ3) is 4.10. The minimum absolute atomic E-state index is 0.0873. The Kier molecular flexibility index (Phi) is 5.14. The van der Waals surface area contributed by atoms with Gasteiger partial charge in [-0.25, -0.2) is 8.42 Å². The molecule has 0 aromatic heterocycles. The molecule has 0 saturated carbocycles. The maximum Gasteiger partial charge on any atom is 0.261 e. The van der Waals surface area contributed by atoms with E-state index in [1.165, 1.54) is 12.1 Å². The molecule has 1 fully saturated rings. The summed E-state index contributed by atoms with van der Waals surface area (Å²) in [6, 6.07) is 2.62. The highest BCUT2D eigenvalue weighted by Gasteiger charge is 2.23. The second-order valence-electron chi connectivity index (χ2n) is 4.91. The Balaban J connectivity index is 2.22. The monoisotopic (exact) mass is 351 g/mol. The van der Waals surface area contributed by atoms with Crippen LogP contribution in [0.3, 0.4) is 0 Å². The molecule has 0 aliphatic carbocycles. The quantitative estimate of drug-likeness (QED) is 0.849. The lowest BCUT2D eigenvalue weighted by Crippen LogP contribution is -2.28. The number of anilines is 1. The highest BCUT2D eigenvalue weighted by atomic mass is 35.7. The van der Waals surface area contributed by atoms with Gasteiger partial charge in [-0.05, 0) is 37.5 Å². The molecular formula is C13H15Cl2NO4S. The molecule has 1 aliphatic rings. The van der Waals surface area contributed by atoms with E-state index in [2.05, 4.69) is 5.32 Å². The van der Waals surface area contributed by atoms with Crippen LogP contribution in [0.15, 0.2) is 17.0 Å². The predicted octanol–water partition coefficient (Wildman–Crippen LogP) is 2.94. The normalized spacial score (nSPS) is 16.7. The van der Waals surface area contributed by atoms with Crippen molar-refractivity contribution in [1.29, 1.82) is 0 Å². The molecule has 1 aromatic rings. The summed E-state index contributed by atoms with van der Waals surface area (Å²) in [5.41, 5.74) is 0.958. The predicted molar refractivity (Wildman–Crippen MR) is 81.4 cm³/mol. The molecule has 5 nitrogen and oxygen atoms in total. The van der Waals surface area contributed by atoms with Gasteiger partial charge in [0.05, 0.1) is 15.6 Å². The molecule has 1 N–H and O–H groups in total. The lowest BCUT2D eigenvalue weighted by molar-refractivity contribution is -0.122. The van der Waals surface area contributed by atoms with E-state index in [9.17, 15) is 13.2 Å². The van der Waals surface area contributed by atoms with Crippen LogP contribution in [-0.2, 0) is 18.6 Å². The van der Waals surface area contributed by atoms with Crippen molar-refractivity contribution in [2.24, 2.45) is 5.92 Å². The summed E-state index contributed by atoms with van der Waals surface area (Å²) in [7, 11) is 1.44. The van der Waals surface area contributed by atoms with E-state index in [-0.39, 0.29) is 21.7 Å². The Morgan fingerprint density at radius 2 is 1.95 bits per heavy atom. The molecule has 8 heteroatoms. The maximum absolute atomic E-state index is 12.2. The summed E-state index contributed by atoms with van der Waals surface area (Å²) >= 11 is 6.06.